The lowest BCUT2D eigenvalue weighted by Gasteiger charge is -2.40. The minimum atomic E-state index is -1.03. The molecule has 1 spiro atoms. The molecule has 8 heteroatoms. The van der Waals surface area contributed by atoms with E-state index in [0.717, 1.165) is 27.6 Å². The van der Waals surface area contributed by atoms with Gasteiger partial charge in [0.2, 0.25) is 0 Å². The lowest BCUT2D eigenvalue weighted by atomic mass is 9.73. The third kappa shape index (κ3) is 3.73. The average molecular weight is 462 g/mol. The fraction of sp³-hybridized carbons (Fsp3) is 0.385. The van der Waals surface area contributed by atoms with Crippen molar-refractivity contribution in [2.75, 3.05) is 13.1 Å². The monoisotopic (exact) mass is 461 g/mol. The first-order chi connectivity index (χ1) is 16.1. The molecule has 1 fully saturated rings. The number of carboxylic acids is 1. The van der Waals surface area contributed by atoms with Crippen molar-refractivity contribution in [3.05, 3.63) is 53.3 Å². The maximum Gasteiger partial charge on any atom is 0.410 e. The number of carboxylic acid groups (broad SMARTS) is 1. The Labute approximate surface area is 196 Å². The minimum absolute atomic E-state index is 0.121. The van der Waals surface area contributed by atoms with E-state index in [1.807, 2.05) is 39.1 Å². The van der Waals surface area contributed by atoms with Crippen LogP contribution in [0.5, 0.6) is 0 Å². The third-order valence-corrected chi connectivity index (χ3v) is 6.85. The van der Waals surface area contributed by atoms with Crippen LogP contribution in [0, 0.1) is 0 Å². The lowest BCUT2D eigenvalue weighted by Crippen LogP contribution is -2.46. The molecule has 2 N–H and O–H groups in total. The number of fused-ring (bicyclic) bond motifs is 3. The van der Waals surface area contributed by atoms with Crippen molar-refractivity contribution in [1.29, 1.82) is 0 Å². The van der Waals surface area contributed by atoms with Crippen LogP contribution in [0.1, 0.15) is 66.3 Å². The van der Waals surface area contributed by atoms with Crippen LogP contribution in [0.2, 0.25) is 0 Å². The standard InChI is InChI=1S/C26H27N3O5/c1-25(2,3)34-24(33)29-8-6-26(7-9-29)12-21(30)17-5-4-15(11-20(17)26)19-14-28-22-18(19)10-16(13-27-22)23(31)32/h4-5,10-11,13-14H,6-9,12H2,1-3H3,(H,27,28)(H,31,32). The Morgan fingerprint density at radius 3 is 2.56 bits per heavy atom. The first-order valence-electron chi connectivity index (χ1n) is 11.4. The number of benzene rings is 1. The third-order valence-electron chi connectivity index (χ3n) is 6.85. The number of piperidine rings is 1. The molecule has 0 bridgehead atoms. The summed E-state index contributed by atoms with van der Waals surface area (Å²) in [5, 5.41) is 10.1. The molecule has 8 nitrogen and oxygen atoms in total. The summed E-state index contributed by atoms with van der Waals surface area (Å²) in [6.45, 7) is 6.62. The second-order valence-corrected chi connectivity index (χ2v) is 10.2. The summed E-state index contributed by atoms with van der Waals surface area (Å²) in [5.41, 5.74) is 3.36. The molecule has 0 radical (unpaired) electrons. The highest BCUT2D eigenvalue weighted by atomic mass is 16.6. The van der Waals surface area contributed by atoms with Gasteiger partial charge in [-0.2, -0.15) is 0 Å². The Kier molecular flexibility index (Phi) is 5.00. The lowest BCUT2D eigenvalue weighted by molar-refractivity contribution is 0.0165. The van der Waals surface area contributed by atoms with E-state index in [1.165, 1.54) is 6.20 Å². The number of nitrogens with one attached hydrogen (secondary N) is 1. The zero-order valence-electron chi connectivity index (χ0n) is 19.5. The minimum Gasteiger partial charge on any atom is -0.478 e. The molecule has 176 valence electrons. The summed E-state index contributed by atoms with van der Waals surface area (Å²) in [4.78, 5) is 45.9. The van der Waals surface area contributed by atoms with Crippen LogP contribution in [0.3, 0.4) is 0 Å². The number of nitrogens with zero attached hydrogens (tertiary/aromatic N) is 2. The van der Waals surface area contributed by atoms with Crippen molar-refractivity contribution in [2.45, 2.75) is 51.0 Å². The van der Waals surface area contributed by atoms with Crippen LogP contribution >= 0.6 is 0 Å². The molecule has 1 saturated heterocycles. The smallest absolute Gasteiger partial charge is 0.410 e. The summed E-state index contributed by atoms with van der Waals surface area (Å²) in [6, 6.07) is 7.44. The van der Waals surface area contributed by atoms with Gasteiger partial charge in [-0.3, -0.25) is 4.79 Å². The van der Waals surface area contributed by atoms with Gasteiger partial charge in [-0.05, 0) is 56.9 Å². The maximum atomic E-state index is 12.9. The summed E-state index contributed by atoms with van der Waals surface area (Å²) in [5.74, 6) is -0.905. The predicted molar refractivity (Wildman–Crippen MR) is 126 cm³/mol. The van der Waals surface area contributed by atoms with Crippen molar-refractivity contribution in [1.82, 2.24) is 14.9 Å². The molecule has 1 aliphatic heterocycles. The van der Waals surface area contributed by atoms with Gasteiger partial charge >= 0.3 is 12.1 Å². The number of aromatic carboxylic acids is 1. The van der Waals surface area contributed by atoms with Crippen LogP contribution < -0.4 is 0 Å². The highest BCUT2D eigenvalue weighted by Crippen LogP contribution is 2.47. The highest BCUT2D eigenvalue weighted by Gasteiger charge is 2.46. The molecule has 34 heavy (non-hydrogen) atoms. The average Bonchev–Trinajstić information content (AvgIpc) is 3.31. The van der Waals surface area contributed by atoms with Gasteiger partial charge in [-0.1, -0.05) is 12.1 Å². The largest absolute Gasteiger partial charge is 0.478 e. The van der Waals surface area contributed by atoms with Gasteiger partial charge in [0.05, 0.1) is 5.56 Å². The van der Waals surface area contributed by atoms with Gasteiger partial charge in [0.1, 0.15) is 11.2 Å². The van der Waals surface area contributed by atoms with E-state index in [0.29, 0.717) is 38.0 Å². The van der Waals surface area contributed by atoms with Crippen molar-refractivity contribution in [3.63, 3.8) is 0 Å². The molecule has 0 saturated carbocycles. The Morgan fingerprint density at radius 1 is 1.15 bits per heavy atom. The number of hydrogen-bond acceptors (Lipinski definition) is 5. The van der Waals surface area contributed by atoms with E-state index < -0.39 is 11.6 Å². The number of likely N-dealkylation sites (tertiary alicyclic amines) is 1. The molecular formula is C26H27N3O5. The fourth-order valence-electron chi connectivity index (χ4n) is 5.14. The van der Waals surface area contributed by atoms with E-state index in [-0.39, 0.29) is 22.9 Å². The molecule has 0 unspecified atom stereocenters. The van der Waals surface area contributed by atoms with Crippen LogP contribution in [0.4, 0.5) is 4.79 Å². The summed E-state index contributed by atoms with van der Waals surface area (Å²) in [7, 11) is 0. The summed E-state index contributed by atoms with van der Waals surface area (Å²) >= 11 is 0. The maximum absolute atomic E-state index is 12.9. The number of hydrogen-bond donors (Lipinski definition) is 2. The van der Waals surface area contributed by atoms with Crippen molar-refractivity contribution in [2.24, 2.45) is 0 Å². The number of carbonyl (C=O) groups excluding carboxylic acids is 2. The van der Waals surface area contributed by atoms with E-state index in [1.54, 1.807) is 11.0 Å². The number of ether oxygens (including phenoxy) is 1. The van der Waals surface area contributed by atoms with Crippen LogP contribution in [0.25, 0.3) is 22.2 Å². The molecule has 3 heterocycles. The number of carbonyl (C=O) groups is 3. The summed E-state index contributed by atoms with van der Waals surface area (Å²) in [6.07, 6.45) is 4.65. The number of rotatable bonds is 2. The van der Waals surface area contributed by atoms with Gasteiger partial charge in [0.15, 0.2) is 5.78 Å². The Morgan fingerprint density at radius 2 is 1.88 bits per heavy atom. The highest BCUT2D eigenvalue weighted by molar-refractivity contribution is 6.04. The molecule has 1 aromatic carbocycles. The first kappa shape index (κ1) is 22.1. The van der Waals surface area contributed by atoms with Crippen LogP contribution in [-0.4, -0.2) is 56.5 Å². The van der Waals surface area contributed by atoms with Crippen molar-refractivity contribution in [3.8, 4) is 11.1 Å². The van der Waals surface area contributed by atoms with E-state index in [4.69, 9.17) is 4.74 Å². The first-order valence-corrected chi connectivity index (χ1v) is 11.4. The van der Waals surface area contributed by atoms with Gasteiger partial charge in [0.25, 0.3) is 0 Å². The topological polar surface area (TPSA) is 113 Å². The number of aromatic nitrogens is 2. The van der Waals surface area contributed by atoms with Crippen molar-refractivity contribution >= 4 is 28.9 Å². The van der Waals surface area contributed by atoms with Gasteiger partial charge in [0, 0.05) is 53.8 Å². The second kappa shape index (κ2) is 7.68. The number of H-pyrrole nitrogens is 1. The quantitative estimate of drug-likeness (QED) is 0.568. The van der Waals surface area contributed by atoms with Crippen LogP contribution in [-0.2, 0) is 10.2 Å². The van der Waals surface area contributed by atoms with Crippen molar-refractivity contribution < 1.29 is 24.2 Å². The van der Waals surface area contributed by atoms with E-state index >= 15 is 0 Å². The zero-order valence-corrected chi connectivity index (χ0v) is 19.5. The number of aromatic amines is 1. The molecule has 2 aliphatic rings. The normalized spacial score (nSPS) is 17.3. The number of Topliss-reactive ketones (excluding diaryl/α,β-unsaturated/α-hetero) is 1. The summed E-state index contributed by atoms with van der Waals surface area (Å²) < 4.78 is 5.52. The molecule has 0 atom stereocenters. The number of amides is 1. The Bertz CT molecular complexity index is 1330. The van der Waals surface area contributed by atoms with E-state index in [9.17, 15) is 19.5 Å². The van der Waals surface area contributed by atoms with Gasteiger partial charge < -0.3 is 19.7 Å². The second-order valence-electron chi connectivity index (χ2n) is 10.2. The van der Waals surface area contributed by atoms with E-state index in [2.05, 4.69) is 16.0 Å². The Balaban J connectivity index is 1.47. The zero-order chi connectivity index (χ0) is 24.3. The van der Waals surface area contributed by atoms with Gasteiger partial charge in [-0.15, -0.1) is 0 Å². The fourth-order valence-corrected chi connectivity index (χ4v) is 5.14. The van der Waals surface area contributed by atoms with Gasteiger partial charge in [-0.25, -0.2) is 14.6 Å². The number of pyridine rings is 1. The molecule has 1 aliphatic carbocycles. The van der Waals surface area contributed by atoms with Crippen LogP contribution in [0.15, 0.2) is 36.7 Å². The molecule has 1 amide bonds. The molecular weight excluding hydrogens is 434 g/mol. The SMILES string of the molecule is CC(C)(C)OC(=O)N1CCC2(CC1)CC(=O)c1ccc(-c3c[nH]c4ncc(C(=O)O)cc34)cc12. The predicted octanol–water partition coefficient (Wildman–Crippen LogP) is 4.78. The number of ketones is 1. The molecule has 3 aromatic rings. The molecule has 2 aromatic heterocycles. The molecule has 5 rings (SSSR count). The Hall–Kier alpha value is -3.68.